The number of halogens is 1. The van der Waals surface area contributed by atoms with Crippen LogP contribution >= 0.6 is 24.0 Å². The van der Waals surface area contributed by atoms with Crippen LogP contribution in [-0.2, 0) is 6.42 Å². The van der Waals surface area contributed by atoms with E-state index >= 15 is 0 Å². The van der Waals surface area contributed by atoms with Gasteiger partial charge in [0.2, 0.25) is 0 Å². The van der Waals surface area contributed by atoms with Crippen molar-refractivity contribution < 1.29 is 4.74 Å². The Balaban J connectivity index is 0.00000208. The molecular formula is C19H30IN3O. The number of rotatable bonds is 3. The lowest BCUT2D eigenvalue weighted by Crippen LogP contribution is -2.42. The second kappa shape index (κ2) is 8.92. The molecule has 1 aliphatic carbocycles. The molecule has 0 spiro atoms. The molecule has 1 fully saturated rings. The fourth-order valence-corrected chi connectivity index (χ4v) is 3.75. The Morgan fingerprint density at radius 1 is 1.29 bits per heavy atom. The van der Waals surface area contributed by atoms with Gasteiger partial charge in [-0.05, 0) is 61.3 Å². The van der Waals surface area contributed by atoms with Crippen LogP contribution in [0, 0.1) is 5.92 Å². The molecule has 0 aromatic heterocycles. The van der Waals surface area contributed by atoms with Gasteiger partial charge in [0.15, 0.2) is 5.96 Å². The largest absolute Gasteiger partial charge is 0.497 e. The number of benzene rings is 1. The summed E-state index contributed by atoms with van der Waals surface area (Å²) < 4.78 is 5.35. The predicted molar refractivity (Wildman–Crippen MR) is 111 cm³/mol. The summed E-state index contributed by atoms with van der Waals surface area (Å²) in [5, 5.41) is 0. The highest BCUT2D eigenvalue weighted by atomic mass is 127. The van der Waals surface area contributed by atoms with Crippen LogP contribution in [0.15, 0.2) is 23.2 Å². The average molecular weight is 443 g/mol. The number of likely N-dealkylation sites (tertiary alicyclic amines) is 1. The number of aliphatic imine (C=N–C) groups is 1. The number of aryl methyl sites for hydroxylation is 1. The van der Waals surface area contributed by atoms with E-state index in [1.165, 1.54) is 36.8 Å². The van der Waals surface area contributed by atoms with Crippen LogP contribution < -0.4 is 10.5 Å². The van der Waals surface area contributed by atoms with Crippen molar-refractivity contribution in [2.75, 3.05) is 26.7 Å². The maximum absolute atomic E-state index is 6.23. The minimum atomic E-state index is 0. The standard InChI is InChI=1S/C19H29N3O.HI/c1-14-8-10-22(11-9-14)19(20)21-13-16-5-3-4-15-12-17(23-2)6-7-18(15)16;/h6-7,12,14,16H,3-5,8-11,13H2,1-2H3,(H2,20,21);1H. The first-order chi connectivity index (χ1) is 11.2. The Morgan fingerprint density at radius 3 is 2.75 bits per heavy atom. The minimum absolute atomic E-state index is 0. The van der Waals surface area contributed by atoms with E-state index in [9.17, 15) is 0 Å². The SMILES string of the molecule is COc1ccc2c(c1)CCCC2CN=C(N)N1CCC(C)CC1.I. The summed E-state index contributed by atoms with van der Waals surface area (Å²) >= 11 is 0. The van der Waals surface area contributed by atoms with Gasteiger partial charge in [-0.15, -0.1) is 24.0 Å². The van der Waals surface area contributed by atoms with Gasteiger partial charge in [0, 0.05) is 25.6 Å². The Bertz CT molecular complexity index is 568. The van der Waals surface area contributed by atoms with Crippen molar-refractivity contribution in [2.24, 2.45) is 16.6 Å². The van der Waals surface area contributed by atoms with Crippen molar-refractivity contribution >= 4 is 29.9 Å². The average Bonchev–Trinajstić information content (AvgIpc) is 2.59. The van der Waals surface area contributed by atoms with E-state index < -0.39 is 0 Å². The fraction of sp³-hybridized carbons (Fsp3) is 0.632. The van der Waals surface area contributed by atoms with Crippen molar-refractivity contribution in [1.82, 2.24) is 4.90 Å². The van der Waals surface area contributed by atoms with Crippen molar-refractivity contribution in [3.63, 3.8) is 0 Å². The van der Waals surface area contributed by atoms with Crippen LogP contribution in [0.3, 0.4) is 0 Å². The molecule has 4 nitrogen and oxygen atoms in total. The molecule has 0 radical (unpaired) electrons. The lowest BCUT2D eigenvalue weighted by Gasteiger charge is -2.31. The second-order valence-corrected chi connectivity index (χ2v) is 7.02. The highest BCUT2D eigenvalue weighted by Gasteiger charge is 2.21. The molecule has 0 bridgehead atoms. The quantitative estimate of drug-likeness (QED) is 0.440. The third kappa shape index (κ3) is 4.55. The number of methoxy groups -OCH3 is 1. The monoisotopic (exact) mass is 443 g/mol. The molecule has 134 valence electrons. The van der Waals surface area contributed by atoms with Crippen molar-refractivity contribution in [3.8, 4) is 5.75 Å². The third-order valence-electron chi connectivity index (χ3n) is 5.37. The number of nitrogens with two attached hydrogens (primary N) is 1. The van der Waals surface area contributed by atoms with Crippen LogP contribution in [0.1, 0.15) is 49.7 Å². The molecule has 3 rings (SSSR count). The van der Waals surface area contributed by atoms with Crippen LogP contribution in [0.2, 0.25) is 0 Å². The summed E-state index contributed by atoms with van der Waals surface area (Å²) in [5.74, 6) is 3.00. The van der Waals surface area contributed by atoms with Crippen molar-refractivity contribution in [3.05, 3.63) is 29.3 Å². The van der Waals surface area contributed by atoms with Crippen LogP contribution in [-0.4, -0.2) is 37.6 Å². The van der Waals surface area contributed by atoms with E-state index in [0.717, 1.165) is 43.7 Å². The third-order valence-corrected chi connectivity index (χ3v) is 5.37. The first kappa shape index (κ1) is 19.3. The Kier molecular flexibility index (Phi) is 7.19. The van der Waals surface area contributed by atoms with Gasteiger partial charge in [0.1, 0.15) is 5.75 Å². The normalized spacial score (nSPS) is 21.8. The summed E-state index contributed by atoms with van der Waals surface area (Å²) in [6.45, 7) is 5.22. The molecule has 0 saturated carbocycles. The number of guanidine groups is 1. The van der Waals surface area contributed by atoms with Gasteiger partial charge in [-0.2, -0.15) is 0 Å². The molecule has 0 amide bonds. The van der Waals surface area contributed by atoms with E-state index in [0.29, 0.717) is 5.92 Å². The fourth-order valence-electron chi connectivity index (χ4n) is 3.75. The smallest absolute Gasteiger partial charge is 0.191 e. The Hall–Kier alpha value is -0.980. The first-order valence-electron chi connectivity index (χ1n) is 8.89. The highest BCUT2D eigenvalue weighted by Crippen LogP contribution is 2.34. The number of hydrogen-bond donors (Lipinski definition) is 1. The van der Waals surface area contributed by atoms with E-state index in [2.05, 4.69) is 30.0 Å². The topological polar surface area (TPSA) is 50.9 Å². The van der Waals surface area contributed by atoms with Crippen LogP contribution in [0.25, 0.3) is 0 Å². The van der Waals surface area contributed by atoms with Crippen LogP contribution in [0.5, 0.6) is 5.75 Å². The van der Waals surface area contributed by atoms with E-state index in [-0.39, 0.29) is 24.0 Å². The highest BCUT2D eigenvalue weighted by molar-refractivity contribution is 14.0. The molecule has 24 heavy (non-hydrogen) atoms. The Labute approximate surface area is 162 Å². The molecule has 1 aromatic rings. The summed E-state index contributed by atoms with van der Waals surface area (Å²) in [6.07, 6.45) is 6.02. The number of ether oxygens (including phenoxy) is 1. The van der Waals surface area contributed by atoms with E-state index in [1.807, 2.05) is 0 Å². The van der Waals surface area contributed by atoms with E-state index in [1.54, 1.807) is 7.11 Å². The molecule has 1 aliphatic heterocycles. The molecule has 2 N–H and O–H groups in total. The van der Waals surface area contributed by atoms with Gasteiger partial charge in [0.05, 0.1) is 7.11 Å². The first-order valence-corrected chi connectivity index (χ1v) is 8.89. The molecule has 1 saturated heterocycles. The zero-order chi connectivity index (χ0) is 16.2. The number of hydrogen-bond acceptors (Lipinski definition) is 2. The molecular weight excluding hydrogens is 413 g/mol. The molecule has 1 atom stereocenters. The van der Waals surface area contributed by atoms with Crippen molar-refractivity contribution in [2.45, 2.75) is 44.9 Å². The maximum atomic E-state index is 6.23. The summed E-state index contributed by atoms with van der Waals surface area (Å²) in [4.78, 5) is 6.97. The van der Waals surface area contributed by atoms with Gasteiger partial charge in [-0.1, -0.05) is 13.0 Å². The Morgan fingerprint density at radius 2 is 2.04 bits per heavy atom. The summed E-state index contributed by atoms with van der Waals surface area (Å²) in [6, 6.07) is 6.46. The van der Waals surface area contributed by atoms with Gasteiger partial charge >= 0.3 is 0 Å². The molecule has 2 aliphatic rings. The molecule has 1 aromatic carbocycles. The minimum Gasteiger partial charge on any atom is -0.497 e. The molecule has 1 heterocycles. The molecule has 5 heteroatoms. The van der Waals surface area contributed by atoms with Crippen LogP contribution in [0.4, 0.5) is 0 Å². The predicted octanol–water partition coefficient (Wildman–Crippen LogP) is 3.78. The number of nitrogens with zero attached hydrogens (tertiary/aromatic N) is 2. The summed E-state index contributed by atoms with van der Waals surface area (Å²) in [5.41, 5.74) is 9.08. The zero-order valence-corrected chi connectivity index (χ0v) is 17.2. The maximum Gasteiger partial charge on any atom is 0.191 e. The van der Waals surface area contributed by atoms with Gasteiger partial charge in [-0.25, -0.2) is 0 Å². The second-order valence-electron chi connectivity index (χ2n) is 7.02. The lowest BCUT2D eigenvalue weighted by atomic mass is 9.83. The zero-order valence-electron chi connectivity index (χ0n) is 14.8. The van der Waals surface area contributed by atoms with Gasteiger partial charge < -0.3 is 15.4 Å². The summed E-state index contributed by atoms with van der Waals surface area (Å²) in [7, 11) is 1.73. The van der Waals surface area contributed by atoms with Gasteiger partial charge in [0.25, 0.3) is 0 Å². The van der Waals surface area contributed by atoms with E-state index in [4.69, 9.17) is 15.5 Å². The van der Waals surface area contributed by atoms with Crippen molar-refractivity contribution in [1.29, 1.82) is 0 Å². The number of fused-ring (bicyclic) bond motifs is 1. The number of piperidine rings is 1. The molecule has 1 unspecified atom stereocenters. The lowest BCUT2D eigenvalue weighted by molar-refractivity contribution is 0.277. The van der Waals surface area contributed by atoms with Gasteiger partial charge in [-0.3, -0.25) is 4.99 Å².